The summed E-state index contributed by atoms with van der Waals surface area (Å²) in [5.74, 6) is -3.50. The molecular weight excluding hydrogens is 572 g/mol. The molecule has 2 aliphatic heterocycles. The zero-order valence-corrected chi connectivity index (χ0v) is 19.7. The van der Waals surface area contributed by atoms with E-state index in [0.29, 0.717) is 17.1 Å². The summed E-state index contributed by atoms with van der Waals surface area (Å²) in [6.07, 6.45) is -18.1. The van der Waals surface area contributed by atoms with E-state index in [1.165, 1.54) is 12.2 Å². The monoisotopic (exact) mass is 585 g/mol. The minimum Gasteiger partial charge on any atom is -0.466 e. The van der Waals surface area contributed by atoms with Crippen LogP contribution >= 0.6 is 23.2 Å². The lowest BCUT2D eigenvalue weighted by atomic mass is 10.1. The fourth-order valence-electron chi connectivity index (χ4n) is 3.30. The molecule has 1 aromatic carbocycles. The van der Waals surface area contributed by atoms with Gasteiger partial charge >= 0.3 is 24.5 Å². The van der Waals surface area contributed by atoms with Gasteiger partial charge in [-0.15, -0.1) is 0 Å². The normalized spacial score (nSPS) is 19.7. The fraction of sp³-hybridized carbons (Fsp3) is 0.421. The van der Waals surface area contributed by atoms with E-state index in [-0.39, 0.29) is 6.61 Å². The highest BCUT2D eigenvalue weighted by Gasteiger charge is 2.52. The molecule has 0 aromatic heterocycles. The minimum atomic E-state index is -5.38. The van der Waals surface area contributed by atoms with Crippen LogP contribution in [0.1, 0.15) is 18.9 Å². The molecule has 1 fully saturated rings. The van der Waals surface area contributed by atoms with Gasteiger partial charge in [-0.05, 0) is 19.1 Å². The van der Waals surface area contributed by atoms with Gasteiger partial charge in [0.15, 0.2) is 5.84 Å². The molecule has 0 amide bonds. The molecule has 3 rings (SSSR count). The number of esters is 1. The number of hydrogen-bond donors (Lipinski definition) is 2. The van der Waals surface area contributed by atoms with Crippen molar-refractivity contribution in [2.24, 2.45) is 9.98 Å². The highest BCUT2D eigenvalue weighted by Crippen LogP contribution is 2.43. The Balaban J connectivity index is 2.19. The first-order valence-electron chi connectivity index (χ1n) is 10.0. The predicted molar refractivity (Wildman–Crippen MR) is 114 cm³/mol. The van der Waals surface area contributed by atoms with Crippen molar-refractivity contribution in [1.29, 1.82) is 0 Å². The number of hydrazine groups is 1. The maximum atomic E-state index is 13.8. The lowest BCUT2D eigenvalue weighted by Crippen LogP contribution is -2.47. The number of carbonyl (C=O) groups excluding carboxylic acids is 1. The summed E-state index contributed by atoms with van der Waals surface area (Å²) in [6, 6.07) is 0.842. The Morgan fingerprint density at radius 2 is 1.65 bits per heavy atom. The fourth-order valence-corrected chi connectivity index (χ4v) is 3.96. The number of alkyl halides is 9. The smallest absolute Gasteiger partial charge is 0.449 e. The Morgan fingerprint density at radius 3 is 2.14 bits per heavy atom. The molecule has 2 heterocycles. The van der Waals surface area contributed by atoms with E-state index in [2.05, 4.69) is 15.4 Å². The maximum absolute atomic E-state index is 13.8. The van der Waals surface area contributed by atoms with Crippen LogP contribution < -0.4 is 15.8 Å². The third kappa shape index (κ3) is 6.23. The topological polar surface area (TPSA) is 78.3 Å². The van der Waals surface area contributed by atoms with Gasteiger partial charge in [0, 0.05) is 0 Å². The molecule has 0 aliphatic carbocycles. The molecule has 2 N–H and O–H groups in total. The number of anilines is 1. The molecule has 0 radical (unpaired) electrons. The van der Waals surface area contributed by atoms with Gasteiger partial charge in [-0.25, -0.2) is 4.99 Å². The Hall–Kier alpha value is -2.72. The highest BCUT2D eigenvalue weighted by atomic mass is 35.5. The molecule has 18 heteroatoms. The molecule has 1 unspecified atom stereocenters. The molecule has 7 nitrogen and oxygen atoms in total. The molecule has 1 saturated heterocycles. The van der Waals surface area contributed by atoms with Crippen molar-refractivity contribution in [2.75, 3.05) is 18.2 Å². The van der Waals surface area contributed by atoms with Gasteiger partial charge in [-0.3, -0.25) is 14.8 Å². The number of aliphatic imine (C=N–C) groups is 2. The van der Waals surface area contributed by atoms with Crippen molar-refractivity contribution < 1.29 is 49.0 Å². The first-order chi connectivity index (χ1) is 16.9. The van der Waals surface area contributed by atoms with E-state index in [0.717, 1.165) is 0 Å². The molecule has 204 valence electrons. The number of ether oxygens (including phenoxy) is 1. The summed E-state index contributed by atoms with van der Waals surface area (Å²) in [5, 5.41) is 0.367. The minimum absolute atomic E-state index is 0.00976. The Morgan fingerprint density at radius 1 is 1.05 bits per heavy atom. The Bertz CT molecular complexity index is 1150. The summed E-state index contributed by atoms with van der Waals surface area (Å²) < 4.78 is 125. The van der Waals surface area contributed by atoms with Crippen molar-refractivity contribution in [3.8, 4) is 0 Å². The van der Waals surface area contributed by atoms with E-state index in [1.807, 2.05) is 0 Å². The molecule has 0 saturated carbocycles. The summed E-state index contributed by atoms with van der Waals surface area (Å²) in [6.45, 7) is 0.972. The van der Waals surface area contributed by atoms with E-state index in [1.54, 1.807) is 0 Å². The number of amidine groups is 2. The average molecular weight is 586 g/mol. The summed E-state index contributed by atoms with van der Waals surface area (Å²) in [7, 11) is 0. The number of hydrogen-bond acceptors (Lipinski definition) is 6. The van der Waals surface area contributed by atoms with Crippen LogP contribution in [0.5, 0.6) is 0 Å². The van der Waals surface area contributed by atoms with Crippen molar-refractivity contribution >= 4 is 46.5 Å². The molecular formula is C19H14Cl2F9N5O2. The van der Waals surface area contributed by atoms with Crippen LogP contribution in [-0.2, 0) is 15.7 Å². The second kappa shape index (κ2) is 10.2. The van der Waals surface area contributed by atoms with Gasteiger partial charge in [-0.2, -0.15) is 44.9 Å². The van der Waals surface area contributed by atoms with Gasteiger partial charge in [0.25, 0.3) is 0 Å². The van der Waals surface area contributed by atoms with Gasteiger partial charge in [0.1, 0.15) is 11.9 Å². The van der Waals surface area contributed by atoms with Crippen LogP contribution in [0.15, 0.2) is 33.4 Å². The number of benzene rings is 1. The summed E-state index contributed by atoms with van der Waals surface area (Å²) in [4.78, 5) is 18.8. The Labute approximate surface area is 211 Å². The summed E-state index contributed by atoms with van der Waals surface area (Å²) >= 11 is 11.9. The number of allylic oxidation sites excluding steroid dienone is 1. The van der Waals surface area contributed by atoms with E-state index in [9.17, 15) is 44.3 Å². The molecule has 0 spiro atoms. The Kier molecular flexibility index (Phi) is 7.96. The first kappa shape index (κ1) is 28.8. The van der Waals surface area contributed by atoms with Crippen LogP contribution in [0.2, 0.25) is 10.0 Å². The highest BCUT2D eigenvalue weighted by molar-refractivity contribution is 6.40. The number of rotatable bonds is 5. The van der Waals surface area contributed by atoms with Crippen LogP contribution in [0, 0.1) is 0 Å². The zero-order chi connectivity index (χ0) is 27.9. The second-order valence-electron chi connectivity index (χ2n) is 7.30. The largest absolute Gasteiger partial charge is 0.466 e. The quantitative estimate of drug-likeness (QED) is 0.358. The van der Waals surface area contributed by atoms with Crippen LogP contribution in [0.4, 0.5) is 45.2 Å². The first-order valence-corrected chi connectivity index (χ1v) is 10.8. The zero-order valence-electron chi connectivity index (χ0n) is 18.2. The van der Waals surface area contributed by atoms with Gasteiger partial charge in [0.05, 0.1) is 46.4 Å². The van der Waals surface area contributed by atoms with Crippen LogP contribution in [0.25, 0.3) is 0 Å². The maximum Gasteiger partial charge on any atom is 0.449 e. The van der Waals surface area contributed by atoms with E-state index in [4.69, 9.17) is 27.9 Å². The van der Waals surface area contributed by atoms with E-state index >= 15 is 0 Å². The third-order valence-electron chi connectivity index (χ3n) is 4.75. The predicted octanol–water partition coefficient (Wildman–Crippen LogP) is 5.40. The standard InChI is InChI=1S/C19H14Cl2F9N5O2/c1-2-37-10(36)3-4-31-15-11-13(18(25,26)27)32-16(19(28,29)30)33-14(11)34-35(15)12-8(20)5-7(6-9(12)21)17(22,23)24/h5-6,14,34H,2-4H2,1H3,(H,32,33). The molecule has 1 aromatic rings. The van der Waals surface area contributed by atoms with Gasteiger partial charge < -0.3 is 10.1 Å². The lowest BCUT2D eigenvalue weighted by Gasteiger charge is -2.25. The number of nitrogens with one attached hydrogen (secondary N) is 2. The lowest BCUT2D eigenvalue weighted by molar-refractivity contribution is -0.143. The van der Waals surface area contributed by atoms with Crippen LogP contribution in [-0.4, -0.2) is 49.3 Å². The number of fused-ring (bicyclic) bond motifs is 1. The number of nitrogens with zero attached hydrogens (tertiary/aromatic N) is 3. The third-order valence-corrected chi connectivity index (χ3v) is 5.33. The van der Waals surface area contributed by atoms with Gasteiger partial charge in [-0.1, -0.05) is 23.2 Å². The molecule has 2 aliphatic rings. The number of carbonyl (C=O) groups is 1. The van der Waals surface area contributed by atoms with Crippen LogP contribution in [0.3, 0.4) is 0 Å². The number of halogens is 11. The van der Waals surface area contributed by atoms with Gasteiger partial charge in [0.2, 0.25) is 5.84 Å². The SMILES string of the molecule is CCOC(=O)CCN=C1C2=C(C(F)(F)F)NC(C(F)(F)F)=NC2NN1c1c(Cl)cc(C(F)(F)F)cc1Cl. The average Bonchev–Trinajstić information content (AvgIpc) is 3.08. The van der Waals surface area contributed by atoms with E-state index < -0.39 is 87.9 Å². The van der Waals surface area contributed by atoms with Crippen molar-refractivity contribution in [2.45, 2.75) is 38.0 Å². The molecule has 37 heavy (non-hydrogen) atoms. The van der Waals surface area contributed by atoms with Crippen molar-refractivity contribution in [3.63, 3.8) is 0 Å². The molecule has 1 atom stereocenters. The second-order valence-corrected chi connectivity index (χ2v) is 8.11. The summed E-state index contributed by atoms with van der Waals surface area (Å²) in [5.41, 5.74) is -2.44. The van der Waals surface area contributed by atoms with Crippen molar-refractivity contribution in [3.05, 3.63) is 39.0 Å². The van der Waals surface area contributed by atoms with Crippen molar-refractivity contribution in [1.82, 2.24) is 10.7 Å². The molecule has 0 bridgehead atoms.